The van der Waals surface area contributed by atoms with Crippen molar-refractivity contribution >= 4 is 21.9 Å². The molecule has 0 bridgehead atoms. The Balaban J connectivity index is 1.97. The molecule has 0 N–H and O–H groups in total. The molecule has 2 rings (SSSR count). The van der Waals surface area contributed by atoms with Gasteiger partial charge in [-0.15, -0.1) is 0 Å². The van der Waals surface area contributed by atoms with Gasteiger partial charge in [0.05, 0.1) is 13.4 Å². The van der Waals surface area contributed by atoms with Crippen LogP contribution >= 0.6 is 0 Å². The van der Waals surface area contributed by atoms with Crippen molar-refractivity contribution in [3.63, 3.8) is 0 Å². The van der Waals surface area contributed by atoms with Crippen LogP contribution in [0.25, 0.3) is 0 Å². The number of carbonyl (C=O) groups excluding carboxylic acids is 2. The van der Waals surface area contributed by atoms with Crippen LogP contribution in [0.4, 0.5) is 0 Å². The summed E-state index contributed by atoms with van der Waals surface area (Å²) in [4.78, 5) is 25.8. The van der Waals surface area contributed by atoms with E-state index in [0.29, 0.717) is 38.9 Å². The number of sulfonamides is 1. The van der Waals surface area contributed by atoms with Crippen LogP contribution in [0.1, 0.15) is 25.7 Å². The standard InChI is InChI=1S/C13H22N2O5S/c1-20-13(17)11-4-3-7-15(11)12(16)10-5-8-14(9-6-10)21(2,18)19/h10-11H,3-9H2,1-2H3/t11-/m1/s1. The minimum Gasteiger partial charge on any atom is -0.467 e. The first-order chi connectivity index (χ1) is 9.84. The fourth-order valence-corrected chi connectivity index (χ4v) is 3.95. The molecule has 0 aliphatic carbocycles. The van der Waals surface area contributed by atoms with Gasteiger partial charge < -0.3 is 9.64 Å². The lowest BCUT2D eigenvalue weighted by molar-refractivity contribution is -0.152. The van der Waals surface area contributed by atoms with Gasteiger partial charge in [0.1, 0.15) is 6.04 Å². The van der Waals surface area contributed by atoms with Crippen LogP contribution in [0.3, 0.4) is 0 Å². The molecule has 0 aromatic rings. The number of piperidine rings is 1. The van der Waals surface area contributed by atoms with Gasteiger partial charge in [0, 0.05) is 25.6 Å². The Morgan fingerprint density at radius 3 is 2.24 bits per heavy atom. The van der Waals surface area contributed by atoms with Crippen LogP contribution in [-0.2, 0) is 24.3 Å². The molecule has 2 fully saturated rings. The summed E-state index contributed by atoms with van der Waals surface area (Å²) in [5, 5.41) is 0. The predicted molar refractivity (Wildman–Crippen MR) is 75.9 cm³/mol. The van der Waals surface area contributed by atoms with Gasteiger partial charge >= 0.3 is 5.97 Å². The minimum absolute atomic E-state index is 0.0453. The number of likely N-dealkylation sites (tertiary alicyclic amines) is 1. The zero-order valence-electron chi connectivity index (χ0n) is 12.4. The molecule has 0 saturated carbocycles. The van der Waals surface area contributed by atoms with Gasteiger partial charge in [0.15, 0.2) is 0 Å². The van der Waals surface area contributed by atoms with E-state index in [0.717, 1.165) is 6.42 Å². The molecule has 0 unspecified atom stereocenters. The molecule has 2 aliphatic heterocycles. The zero-order valence-corrected chi connectivity index (χ0v) is 13.3. The molecule has 8 heteroatoms. The van der Waals surface area contributed by atoms with E-state index in [-0.39, 0.29) is 17.8 Å². The van der Waals surface area contributed by atoms with Gasteiger partial charge in [-0.25, -0.2) is 17.5 Å². The normalized spacial score (nSPS) is 25.0. The van der Waals surface area contributed by atoms with Crippen molar-refractivity contribution in [1.29, 1.82) is 0 Å². The number of amides is 1. The van der Waals surface area contributed by atoms with Gasteiger partial charge in [0.25, 0.3) is 0 Å². The Morgan fingerprint density at radius 1 is 1.10 bits per heavy atom. The van der Waals surface area contributed by atoms with Gasteiger partial charge in [-0.3, -0.25) is 4.79 Å². The van der Waals surface area contributed by atoms with Crippen LogP contribution in [0, 0.1) is 5.92 Å². The second kappa shape index (κ2) is 6.31. The van der Waals surface area contributed by atoms with Crippen molar-refractivity contribution in [3.8, 4) is 0 Å². The molecule has 2 heterocycles. The summed E-state index contributed by atoms with van der Waals surface area (Å²) in [7, 11) is -1.86. The average molecular weight is 318 g/mol. The summed E-state index contributed by atoms with van der Waals surface area (Å²) < 4.78 is 29.1. The number of esters is 1. The Morgan fingerprint density at radius 2 is 1.71 bits per heavy atom. The Kier molecular flexibility index (Phi) is 4.88. The maximum absolute atomic E-state index is 12.5. The molecule has 2 aliphatic rings. The van der Waals surface area contributed by atoms with E-state index in [1.165, 1.54) is 17.7 Å². The highest BCUT2D eigenvalue weighted by Gasteiger charge is 2.39. The molecule has 1 atom stereocenters. The van der Waals surface area contributed by atoms with E-state index < -0.39 is 16.1 Å². The molecule has 7 nitrogen and oxygen atoms in total. The van der Waals surface area contributed by atoms with Gasteiger partial charge in [-0.2, -0.15) is 0 Å². The fourth-order valence-electron chi connectivity index (χ4n) is 3.08. The molecular weight excluding hydrogens is 296 g/mol. The highest BCUT2D eigenvalue weighted by molar-refractivity contribution is 7.88. The number of methoxy groups -OCH3 is 1. The highest BCUT2D eigenvalue weighted by atomic mass is 32.2. The van der Waals surface area contributed by atoms with Gasteiger partial charge in [-0.1, -0.05) is 0 Å². The van der Waals surface area contributed by atoms with E-state index in [1.807, 2.05) is 0 Å². The minimum atomic E-state index is -3.19. The van der Waals surface area contributed by atoms with Crippen molar-refractivity contribution < 1.29 is 22.7 Å². The first-order valence-electron chi connectivity index (χ1n) is 7.18. The maximum atomic E-state index is 12.5. The fraction of sp³-hybridized carbons (Fsp3) is 0.846. The second-order valence-electron chi connectivity index (χ2n) is 5.65. The summed E-state index contributed by atoms with van der Waals surface area (Å²) >= 11 is 0. The molecule has 0 radical (unpaired) electrons. The van der Waals surface area contributed by atoms with E-state index in [2.05, 4.69) is 0 Å². The SMILES string of the molecule is COC(=O)[C@H]1CCCN1C(=O)C1CCN(S(C)(=O)=O)CC1. The Bertz CT molecular complexity index is 511. The van der Waals surface area contributed by atoms with E-state index in [4.69, 9.17) is 4.74 Å². The number of hydrogen-bond acceptors (Lipinski definition) is 5. The topological polar surface area (TPSA) is 84.0 Å². The first kappa shape index (κ1) is 16.2. The zero-order chi connectivity index (χ0) is 15.6. The van der Waals surface area contributed by atoms with Crippen LogP contribution in [0.2, 0.25) is 0 Å². The second-order valence-corrected chi connectivity index (χ2v) is 7.63. The number of rotatable bonds is 3. The van der Waals surface area contributed by atoms with Gasteiger partial charge in [0.2, 0.25) is 15.9 Å². The van der Waals surface area contributed by atoms with Crippen LogP contribution in [0.5, 0.6) is 0 Å². The Hall–Kier alpha value is -1.15. The van der Waals surface area contributed by atoms with Crippen LogP contribution in [-0.4, -0.2) is 68.5 Å². The van der Waals surface area contributed by atoms with Crippen molar-refractivity contribution in [2.45, 2.75) is 31.7 Å². The van der Waals surface area contributed by atoms with E-state index >= 15 is 0 Å². The molecule has 2 saturated heterocycles. The summed E-state index contributed by atoms with van der Waals surface area (Å²) in [6.45, 7) is 1.31. The number of hydrogen-bond donors (Lipinski definition) is 0. The van der Waals surface area contributed by atoms with Crippen molar-refractivity contribution in [2.24, 2.45) is 5.92 Å². The third kappa shape index (κ3) is 3.55. The summed E-state index contributed by atoms with van der Waals surface area (Å²) in [5.41, 5.74) is 0. The average Bonchev–Trinajstić information content (AvgIpc) is 2.94. The molecule has 0 aromatic carbocycles. The smallest absolute Gasteiger partial charge is 0.328 e. The lowest BCUT2D eigenvalue weighted by Crippen LogP contribution is -2.47. The summed E-state index contributed by atoms with van der Waals surface area (Å²) in [5.74, 6) is -0.612. The van der Waals surface area contributed by atoms with Crippen molar-refractivity contribution in [1.82, 2.24) is 9.21 Å². The van der Waals surface area contributed by atoms with E-state index in [9.17, 15) is 18.0 Å². The first-order valence-corrected chi connectivity index (χ1v) is 9.03. The quantitative estimate of drug-likeness (QED) is 0.674. The molecule has 21 heavy (non-hydrogen) atoms. The Labute approximate surface area is 125 Å². The lowest BCUT2D eigenvalue weighted by Gasteiger charge is -2.33. The molecular formula is C13H22N2O5S. The maximum Gasteiger partial charge on any atom is 0.328 e. The van der Waals surface area contributed by atoms with Crippen LogP contribution < -0.4 is 0 Å². The summed E-state index contributed by atoms with van der Waals surface area (Å²) in [6, 6.07) is -0.476. The number of carbonyl (C=O) groups is 2. The van der Waals surface area contributed by atoms with Gasteiger partial charge in [-0.05, 0) is 25.7 Å². The number of ether oxygens (including phenoxy) is 1. The molecule has 1 amide bonds. The lowest BCUT2D eigenvalue weighted by atomic mass is 9.96. The third-order valence-corrected chi connectivity index (χ3v) is 5.58. The third-order valence-electron chi connectivity index (χ3n) is 4.28. The van der Waals surface area contributed by atoms with Crippen molar-refractivity contribution in [2.75, 3.05) is 33.0 Å². The van der Waals surface area contributed by atoms with Crippen LogP contribution in [0.15, 0.2) is 0 Å². The molecule has 120 valence electrons. The molecule has 0 aromatic heterocycles. The molecule has 0 spiro atoms. The summed E-state index contributed by atoms with van der Waals surface area (Å²) in [6.07, 6.45) is 3.64. The van der Waals surface area contributed by atoms with E-state index in [1.54, 1.807) is 4.90 Å². The van der Waals surface area contributed by atoms with Crippen molar-refractivity contribution in [3.05, 3.63) is 0 Å². The predicted octanol–water partition coefficient (Wildman–Crippen LogP) is -0.178. The highest BCUT2D eigenvalue weighted by Crippen LogP contribution is 2.26. The number of nitrogens with zero attached hydrogens (tertiary/aromatic N) is 2. The monoisotopic (exact) mass is 318 g/mol. The largest absolute Gasteiger partial charge is 0.467 e.